The zero-order chi connectivity index (χ0) is 14.2. The lowest BCUT2D eigenvalue weighted by molar-refractivity contribution is -0.179. The Labute approximate surface area is 105 Å². The maximum Gasteiger partial charge on any atom is 0.363 e. The van der Waals surface area contributed by atoms with Gasteiger partial charge in [-0.1, -0.05) is 6.92 Å². The number of esters is 1. The minimum Gasteiger partial charge on any atom is -0.477 e. The summed E-state index contributed by atoms with van der Waals surface area (Å²) in [5.74, 6) is -2.11. The smallest absolute Gasteiger partial charge is 0.363 e. The van der Waals surface area contributed by atoms with Crippen LogP contribution in [-0.2, 0) is 14.3 Å². The van der Waals surface area contributed by atoms with Crippen LogP contribution in [0.4, 0.5) is 0 Å². The van der Waals surface area contributed by atoms with E-state index in [0.717, 1.165) is 0 Å². The number of carboxylic acids is 1. The van der Waals surface area contributed by atoms with Crippen molar-refractivity contribution >= 4 is 17.9 Å². The van der Waals surface area contributed by atoms with E-state index in [0.29, 0.717) is 12.8 Å². The number of ether oxygens (including phenoxy) is 1. The summed E-state index contributed by atoms with van der Waals surface area (Å²) in [7, 11) is 0. The molecular formula is C10H20N4O4. The van der Waals surface area contributed by atoms with Crippen molar-refractivity contribution in [3.63, 3.8) is 0 Å². The molecule has 0 rings (SSSR count). The molecule has 0 spiro atoms. The number of nitrogens with two attached hydrogens (primary N) is 3. The fourth-order valence-corrected chi connectivity index (χ4v) is 1.21. The molecule has 18 heavy (non-hydrogen) atoms. The van der Waals surface area contributed by atoms with E-state index in [1.165, 1.54) is 0 Å². The quantitative estimate of drug-likeness (QED) is 0.145. The fourth-order valence-electron chi connectivity index (χ4n) is 1.21. The van der Waals surface area contributed by atoms with E-state index in [2.05, 4.69) is 4.99 Å². The van der Waals surface area contributed by atoms with Crippen LogP contribution in [0.25, 0.3) is 0 Å². The van der Waals surface area contributed by atoms with Crippen molar-refractivity contribution in [2.45, 2.75) is 38.3 Å². The molecule has 0 aromatic rings. The van der Waals surface area contributed by atoms with Crippen molar-refractivity contribution in [2.75, 3.05) is 6.54 Å². The van der Waals surface area contributed by atoms with Gasteiger partial charge in [0, 0.05) is 19.4 Å². The summed E-state index contributed by atoms with van der Waals surface area (Å²) in [5, 5.41) is 8.97. The van der Waals surface area contributed by atoms with Crippen LogP contribution in [0.5, 0.6) is 0 Å². The number of carbonyl (C=O) groups excluding carboxylic acids is 1. The molecule has 1 atom stereocenters. The van der Waals surface area contributed by atoms with Gasteiger partial charge in [-0.2, -0.15) is 0 Å². The first-order chi connectivity index (χ1) is 8.31. The molecule has 0 bridgehead atoms. The van der Waals surface area contributed by atoms with Crippen LogP contribution in [0.3, 0.4) is 0 Å². The van der Waals surface area contributed by atoms with E-state index < -0.39 is 17.7 Å². The van der Waals surface area contributed by atoms with Crippen LogP contribution in [0.1, 0.15) is 32.6 Å². The Morgan fingerprint density at radius 2 is 2.00 bits per heavy atom. The van der Waals surface area contributed by atoms with Crippen LogP contribution >= 0.6 is 0 Å². The van der Waals surface area contributed by atoms with Gasteiger partial charge in [-0.05, 0) is 12.8 Å². The zero-order valence-corrected chi connectivity index (χ0v) is 10.4. The summed E-state index contributed by atoms with van der Waals surface area (Å²) in [4.78, 5) is 26.0. The third kappa shape index (κ3) is 6.04. The van der Waals surface area contributed by atoms with Gasteiger partial charge in [0.2, 0.25) is 0 Å². The van der Waals surface area contributed by atoms with Gasteiger partial charge >= 0.3 is 11.9 Å². The van der Waals surface area contributed by atoms with E-state index in [9.17, 15) is 9.59 Å². The molecule has 104 valence electrons. The van der Waals surface area contributed by atoms with Crippen LogP contribution < -0.4 is 17.2 Å². The van der Waals surface area contributed by atoms with E-state index in [1.54, 1.807) is 6.92 Å². The average molecular weight is 260 g/mol. The Morgan fingerprint density at radius 3 is 2.44 bits per heavy atom. The van der Waals surface area contributed by atoms with Crippen LogP contribution in [0.15, 0.2) is 4.99 Å². The second-order valence-electron chi connectivity index (χ2n) is 3.83. The van der Waals surface area contributed by atoms with E-state index >= 15 is 0 Å². The second kappa shape index (κ2) is 7.49. The van der Waals surface area contributed by atoms with E-state index in [1.807, 2.05) is 0 Å². The number of aliphatic imine (C=N–C) groups is 1. The standard InChI is InChI=1S/C10H20N4O4/c1-2-4-7(15)18-10(13,8(16)17)5-3-6-14-9(11)12/h2-6,13H2,1H3,(H,16,17)(H4,11,12,14). The lowest BCUT2D eigenvalue weighted by atomic mass is 10.1. The number of hydrogen-bond donors (Lipinski definition) is 4. The second-order valence-corrected chi connectivity index (χ2v) is 3.83. The largest absolute Gasteiger partial charge is 0.477 e. The maximum absolute atomic E-state index is 11.3. The molecule has 0 fully saturated rings. The summed E-state index contributed by atoms with van der Waals surface area (Å²) in [6, 6.07) is 0. The Bertz CT molecular complexity index is 328. The SMILES string of the molecule is CCCC(=O)OC(N)(CCCN=C(N)N)C(=O)O. The first-order valence-corrected chi connectivity index (χ1v) is 5.61. The van der Waals surface area contributed by atoms with Crippen molar-refractivity contribution in [2.24, 2.45) is 22.2 Å². The molecule has 8 nitrogen and oxygen atoms in total. The number of nitrogens with zero attached hydrogens (tertiary/aromatic N) is 1. The highest BCUT2D eigenvalue weighted by molar-refractivity contribution is 5.81. The van der Waals surface area contributed by atoms with Crippen molar-refractivity contribution < 1.29 is 19.4 Å². The lowest BCUT2D eigenvalue weighted by Gasteiger charge is -2.24. The molecule has 0 heterocycles. The highest BCUT2D eigenvalue weighted by Crippen LogP contribution is 2.14. The van der Waals surface area contributed by atoms with Crippen LogP contribution in [0, 0.1) is 0 Å². The van der Waals surface area contributed by atoms with Crippen molar-refractivity contribution in [3.8, 4) is 0 Å². The van der Waals surface area contributed by atoms with Crippen molar-refractivity contribution in [1.82, 2.24) is 0 Å². The highest BCUT2D eigenvalue weighted by Gasteiger charge is 2.37. The van der Waals surface area contributed by atoms with Gasteiger partial charge in [-0.3, -0.25) is 15.5 Å². The molecule has 0 aliphatic heterocycles. The minimum absolute atomic E-state index is 0.0609. The monoisotopic (exact) mass is 260 g/mol. The van der Waals surface area contributed by atoms with Gasteiger partial charge in [-0.15, -0.1) is 0 Å². The molecule has 0 aliphatic carbocycles. The predicted octanol–water partition coefficient (Wildman–Crippen LogP) is -0.877. The first kappa shape index (κ1) is 16.2. The summed E-state index contributed by atoms with van der Waals surface area (Å²) in [6.45, 7) is 2.00. The zero-order valence-electron chi connectivity index (χ0n) is 10.4. The molecule has 7 N–H and O–H groups in total. The normalized spacial score (nSPS) is 13.4. The molecular weight excluding hydrogens is 240 g/mol. The predicted molar refractivity (Wildman–Crippen MR) is 65.5 cm³/mol. The Morgan fingerprint density at radius 1 is 1.39 bits per heavy atom. The number of rotatable bonds is 8. The number of guanidine groups is 1. The molecule has 0 aliphatic rings. The van der Waals surface area contributed by atoms with Gasteiger partial charge in [0.1, 0.15) is 0 Å². The molecule has 0 amide bonds. The van der Waals surface area contributed by atoms with E-state index in [4.69, 9.17) is 27.0 Å². The molecule has 8 heteroatoms. The van der Waals surface area contributed by atoms with E-state index in [-0.39, 0.29) is 25.3 Å². The third-order valence-corrected chi connectivity index (χ3v) is 2.11. The summed E-state index contributed by atoms with van der Waals surface area (Å²) in [6.07, 6.45) is 0.914. The maximum atomic E-state index is 11.3. The van der Waals surface area contributed by atoms with Crippen LogP contribution in [0.2, 0.25) is 0 Å². The fraction of sp³-hybridized carbons (Fsp3) is 0.700. The first-order valence-electron chi connectivity index (χ1n) is 5.61. The van der Waals surface area contributed by atoms with Gasteiger partial charge < -0.3 is 21.3 Å². The molecule has 0 aromatic heterocycles. The topological polar surface area (TPSA) is 154 Å². The highest BCUT2D eigenvalue weighted by atomic mass is 16.6. The Balaban J connectivity index is 4.39. The van der Waals surface area contributed by atoms with Gasteiger partial charge in [0.15, 0.2) is 5.96 Å². The minimum atomic E-state index is -2.02. The summed E-state index contributed by atoms with van der Waals surface area (Å²) in [5.41, 5.74) is 13.7. The number of carboxylic acid groups (broad SMARTS) is 1. The van der Waals surface area contributed by atoms with Gasteiger partial charge in [0.25, 0.3) is 5.72 Å². The molecule has 0 saturated carbocycles. The Kier molecular flexibility index (Phi) is 6.73. The Hall–Kier alpha value is -1.83. The molecule has 1 unspecified atom stereocenters. The van der Waals surface area contributed by atoms with Crippen LogP contribution in [-0.4, -0.2) is 35.3 Å². The molecule has 0 aromatic carbocycles. The summed E-state index contributed by atoms with van der Waals surface area (Å²) < 4.78 is 4.78. The third-order valence-electron chi connectivity index (χ3n) is 2.11. The number of aliphatic carboxylic acids is 1. The molecule has 0 radical (unpaired) electrons. The number of hydrogen-bond acceptors (Lipinski definition) is 5. The van der Waals surface area contributed by atoms with Gasteiger partial charge in [0.05, 0.1) is 0 Å². The average Bonchev–Trinajstić information content (AvgIpc) is 2.24. The number of carbonyl (C=O) groups is 2. The molecule has 0 saturated heterocycles. The summed E-state index contributed by atoms with van der Waals surface area (Å²) >= 11 is 0. The van der Waals surface area contributed by atoms with Gasteiger partial charge in [-0.25, -0.2) is 4.79 Å². The van der Waals surface area contributed by atoms with Crippen molar-refractivity contribution in [1.29, 1.82) is 0 Å². The van der Waals surface area contributed by atoms with Crippen molar-refractivity contribution in [3.05, 3.63) is 0 Å². The lowest BCUT2D eigenvalue weighted by Crippen LogP contribution is -2.51.